The largest absolute Gasteiger partial charge is 0.353 e. The molecule has 188 valence electrons. The number of carbonyl (C=O) groups is 2. The molecule has 0 spiro atoms. The van der Waals surface area contributed by atoms with Crippen LogP contribution in [0.25, 0.3) is 0 Å². The highest BCUT2D eigenvalue weighted by atomic mass is 32.1. The van der Waals surface area contributed by atoms with Crippen LogP contribution in [0.5, 0.6) is 0 Å². The number of pyridine rings is 1. The molecule has 3 aromatic rings. The summed E-state index contributed by atoms with van der Waals surface area (Å²) in [5.74, 6) is 1.02. The van der Waals surface area contributed by atoms with Gasteiger partial charge in [0.2, 0.25) is 5.91 Å². The molecule has 0 unspecified atom stereocenters. The minimum absolute atomic E-state index is 0.0863. The second-order valence-electron chi connectivity index (χ2n) is 9.06. The molecule has 10 heteroatoms. The summed E-state index contributed by atoms with van der Waals surface area (Å²) in [4.78, 5) is 42.7. The van der Waals surface area contributed by atoms with E-state index in [-0.39, 0.29) is 18.4 Å². The van der Waals surface area contributed by atoms with Crippen molar-refractivity contribution in [3.63, 3.8) is 0 Å². The van der Waals surface area contributed by atoms with Crippen LogP contribution in [0.3, 0.4) is 0 Å². The highest BCUT2D eigenvalue weighted by Gasteiger charge is 2.24. The van der Waals surface area contributed by atoms with Crippen molar-refractivity contribution in [2.75, 3.05) is 62.6 Å². The Hall–Kier alpha value is -3.50. The number of hydrogen-bond donors (Lipinski definition) is 1. The predicted octanol–water partition coefficient (Wildman–Crippen LogP) is 2.78. The van der Waals surface area contributed by atoms with E-state index in [2.05, 4.69) is 49.4 Å². The maximum absolute atomic E-state index is 12.8. The van der Waals surface area contributed by atoms with Crippen molar-refractivity contribution in [1.82, 2.24) is 24.7 Å². The summed E-state index contributed by atoms with van der Waals surface area (Å²) in [5.41, 5.74) is 2.00. The molecule has 0 radical (unpaired) electrons. The predicted molar refractivity (Wildman–Crippen MR) is 141 cm³/mol. The van der Waals surface area contributed by atoms with Crippen LogP contribution in [0.1, 0.15) is 11.3 Å². The topological polar surface area (TPSA) is 84.9 Å². The Labute approximate surface area is 215 Å². The van der Waals surface area contributed by atoms with Gasteiger partial charge in [-0.25, -0.2) is 14.8 Å². The first-order chi connectivity index (χ1) is 17.6. The van der Waals surface area contributed by atoms with E-state index in [4.69, 9.17) is 0 Å². The Kier molecular flexibility index (Phi) is 7.73. The Balaban J connectivity index is 1.05. The molecular weight excluding hydrogens is 474 g/mol. The molecule has 2 aromatic heterocycles. The zero-order valence-corrected chi connectivity index (χ0v) is 21.1. The van der Waals surface area contributed by atoms with Crippen molar-refractivity contribution in [2.45, 2.75) is 13.0 Å². The van der Waals surface area contributed by atoms with Crippen molar-refractivity contribution in [2.24, 2.45) is 0 Å². The first-order valence-corrected chi connectivity index (χ1v) is 13.2. The van der Waals surface area contributed by atoms with E-state index in [1.165, 1.54) is 16.9 Å². The molecule has 0 saturated carbocycles. The van der Waals surface area contributed by atoms with Crippen molar-refractivity contribution in [3.8, 4) is 0 Å². The third-order valence-corrected chi connectivity index (χ3v) is 7.42. The van der Waals surface area contributed by atoms with E-state index in [1.807, 2.05) is 34.5 Å². The number of carbonyl (C=O) groups excluding carboxylic acids is 2. The fourth-order valence-corrected chi connectivity index (χ4v) is 5.26. The minimum Gasteiger partial charge on any atom is -0.353 e. The molecule has 2 saturated heterocycles. The summed E-state index contributed by atoms with van der Waals surface area (Å²) in [6.45, 7) is 6.81. The SMILES string of the molecule is O=C(Cc1csc(NC(=O)N2CCN(c3ccccn3)CC2)n1)N1CCN(Cc2ccccc2)CC1. The molecule has 5 rings (SSSR count). The van der Waals surface area contributed by atoms with Gasteiger partial charge >= 0.3 is 6.03 Å². The average molecular weight is 506 g/mol. The lowest BCUT2D eigenvalue weighted by Gasteiger charge is -2.35. The number of thiazole rings is 1. The molecule has 0 bridgehead atoms. The third kappa shape index (κ3) is 6.19. The van der Waals surface area contributed by atoms with Gasteiger partial charge in [0.1, 0.15) is 5.82 Å². The van der Waals surface area contributed by atoms with E-state index in [1.54, 1.807) is 11.1 Å². The molecule has 0 atom stereocenters. The second-order valence-corrected chi connectivity index (χ2v) is 9.91. The number of anilines is 2. The molecule has 36 heavy (non-hydrogen) atoms. The van der Waals surface area contributed by atoms with Gasteiger partial charge in [-0.3, -0.25) is 15.0 Å². The van der Waals surface area contributed by atoms with Gasteiger partial charge in [0.15, 0.2) is 5.13 Å². The summed E-state index contributed by atoms with van der Waals surface area (Å²) in [5, 5.41) is 5.29. The van der Waals surface area contributed by atoms with Crippen molar-refractivity contribution in [1.29, 1.82) is 0 Å². The maximum Gasteiger partial charge on any atom is 0.323 e. The van der Waals surface area contributed by atoms with Gasteiger partial charge < -0.3 is 14.7 Å². The average Bonchev–Trinajstić information content (AvgIpc) is 3.36. The lowest BCUT2D eigenvalue weighted by molar-refractivity contribution is -0.132. The monoisotopic (exact) mass is 505 g/mol. The van der Waals surface area contributed by atoms with Crippen LogP contribution in [0.15, 0.2) is 60.1 Å². The van der Waals surface area contributed by atoms with E-state index in [0.29, 0.717) is 23.9 Å². The standard InChI is InChI=1S/C26H31N7O2S/c34-24(32-12-10-30(11-13-32)19-21-6-2-1-3-7-21)18-22-20-36-25(28-22)29-26(35)33-16-14-31(15-17-33)23-8-4-5-9-27-23/h1-9,20H,10-19H2,(H,28,29,35). The molecule has 1 aromatic carbocycles. The van der Waals surface area contributed by atoms with E-state index < -0.39 is 0 Å². The Morgan fingerprint density at radius 2 is 1.58 bits per heavy atom. The van der Waals surface area contributed by atoms with Gasteiger partial charge in [0.05, 0.1) is 12.1 Å². The number of piperazine rings is 2. The van der Waals surface area contributed by atoms with Crippen LogP contribution in [0.4, 0.5) is 15.7 Å². The highest BCUT2D eigenvalue weighted by Crippen LogP contribution is 2.19. The summed E-state index contributed by atoms with van der Waals surface area (Å²) in [6.07, 6.45) is 2.04. The molecule has 2 aliphatic rings. The van der Waals surface area contributed by atoms with Crippen molar-refractivity contribution >= 4 is 34.2 Å². The molecule has 2 aliphatic heterocycles. The first-order valence-electron chi connectivity index (χ1n) is 12.3. The number of nitrogens with zero attached hydrogens (tertiary/aromatic N) is 6. The van der Waals surface area contributed by atoms with Crippen LogP contribution in [-0.4, -0.2) is 89.0 Å². The lowest BCUT2D eigenvalue weighted by atomic mass is 10.2. The minimum atomic E-state index is -0.155. The maximum atomic E-state index is 12.8. The van der Waals surface area contributed by atoms with E-state index >= 15 is 0 Å². The number of urea groups is 1. The Morgan fingerprint density at radius 3 is 2.31 bits per heavy atom. The zero-order chi connectivity index (χ0) is 24.7. The van der Waals surface area contributed by atoms with Crippen LogP contribution >= 0.6 is 11.3 Å². The quantitative estimate of drug-likeness (QED) is 0.555. The van der Waals surface area contributed by atoms with Gasteiger partial charge in [-0.15, -0.1) is 11.3 Å². The van der Waals surface area contributed by atoms with E-state index in [0.717, 1.165) is 51.6 Å². The van der Waals surface area contributed by atoms with Gasteiger partial charge in [-0.05, 0) is 17.7 Å². The van der Waals surface area contributed by atoms with Crippen LogP contribution in [0, 0.1) is 0 Å². The summed E-state index contributed by atoms with van der Waals surface area (Å²) in [6, 6.07) is 16.1. The smallest absolute Gasteiger partial charge is 0.323 e. The number of hydrogen-bond acceptors (Lipinski definition) is 7. The van der Waals surface area contributed by atoms with Crippen molar-refractivity contribution in [3.05, 3.63) is 71.4 Å². The first kappa shape index (κ1) is 24.2. The highest BCUT2D eigenvalue weighted by molar-refractivity contribution is 7.13. The number of rotatable bonds is 6. The van der Waals surface area contributed by atoms with Gasteiger partial charge in [-0.2, -0.15) is 0 Å². The molecule has 3 amide bonds. The normalized spacial score (nSPS) is 16.7. The van der Waals surface area contributed by atoms with Crippen LogP contribution in [-0.2, 0) is 17.8 Å². The fourth-order valence-electron chi connectivity index (χ4n) is 4.56. The molecule has 1 N–H and O–H groups in total. The second kappa shape index (κ2) is 11.5. The zero-order valence-electron chi connectivity index (χ0n) is 20.3. The number of aromatic nitrogens is 2. The lowest BCUT2D eigenvalue weighted by Crippen LogP contribution is -2.50. The van der Waals surface area contributed by atoms with E-state index in [9.17, 15) is 9.59 Å². The molecule has 0 aliphatic carbocycles. The van der Waals surface area contributed by atoms with Gasteiger partial charge in [-0.1, -0.05) is 36.4 Å². The molecule has 2 fully saturated rings. The Bertz CT molecular complexity index is 1140. The summed E-state index contributed by atoms with van der Waals surface area (Å²) in [7, 11) is 0. The number of nitrogens with one attached hydrogen (secondary N) is 1. The Morgan fingerprint density at radius 1 is 0.861 bits per heavy atom. The number of benzene rings is 1. The van der Waals surface area contributed by atoms with Gasteiger partial charge in [0, 0.05) is 70.5 Å². The van der Waals surface area contributed by atoms with Crippen molar-refractivity contribution < 1.29 is 9.59 Å². The third-order valence-electron chi connectivity index (χ3n) is 6.61. The molecule has 4 heterocycles. The summed E-state index contributed by atoms with van der Waals surface area (Å²) >= 11 is 1.36. The fraction of sp³-hybridized carbons (Fsp3) is 0.385. The van der Waals surface area contributed by atoms with Crippen LogP contribution < -0.4 is 10.2 Å². The van der Waals surface area contributed by atoms with Crippen LogP contribution in [0.2, 0.25) is 0 Å². The molecular formula is C26H31N7O2S. The van der Waals surface area contributed by atoms with Gasteiger partial charge in [0.25, 0.3) is 0 Å². The number of amides is 3. The summed E-state index contributed by atoms with van der Waals surface area (Å²) < 4.78 is 0. The molecule has 9 nitrogen and oxygen atoms in total.